The summed E-state index contributed by atoms with van der Waals surface area (Å²) in [5.41, 5.74) is 2.57. The zero-order valence-corrected chi connectivity index (χ0v) is 25.4. The summed E-state index contributed by atoms with van der Waals surface area (Å²) in [6, 6.07) is 23.0. The third kappa shape index (κ3) is 8.93. The van der Waals surface area contributed by atoms with E-state index in [2.05, 4.69) is 21.2 Å². The summed E-state index contributed by atoms with van der Waals surface area (Å²) < 4.78 is 27.5. The predicted molar refractivity (Wildman–Crippen MR) is 160 cm³/mol. The van der Waals surface area contributed by atoms with E-state index >= 15 is 0 Å². The summed E-state index contributed by atoms with van der Waals surface area (Å²) in [6.07, 6.45) is 1.35. The van der Waals surface area contributed by atoms with Crippen molar-refractivity contribution in [3.63, 3.8) is 0 Å². The summed E-state index contributed by atoms with van der Waals surface area (Å²) in [7, 11) is -3.80. The van der Waals surface area contributed by atoms with Crippen LogP contribution in [0.4, 0.5) is 5.69 Å². The van der Waals surface area contributed by atoms with Gasteiger partial charge in [-0.2, -0.15) is 0 Å². The highest BCUT2D eigenvalue weighted by Gasteiger charge is 2.34. The van der Waals surface area contributed by atoms with Gasteiger partial charge in [-0.05, 0) is 68.7 Å². The lowest BCUT2D eigenvalue weighted by atomic mass is 10.00. The highest BCUT2D eigenvalue weighted by Crippen LogP contribution is 2.23. The number of nitrogens with zero attached hydrogens (tertiary/aromatic N) is 2. The molecule has 0 aliphatic heterocycles. The van der Waals surface area contributed by atoms with Gasteiger partial charge >= 0.3 is 0 Å². The SMILES string of the molecule is Cc1ccccc1CN(C(=O)CN(c1ccc(Br)cc1)S(C)(=O)=O)[C@H](Cc1ccccc1)C(=O)NC(C)(C)C. The van der Waals surface area contributed by atoms with Gasteiger partial charge in [0.2, 0.25) is 21.8 Å². The fourth-order valence-corrected chi connectivity index (χ4v) is 5.31. The molecule has 3 aromatic carbocycles. The first-order valence-electron chi connectivity index (χ1n) is 12.7. The molecule has 0 fully saturated rings. The molecule has 0 aliphatic carbocycles. The monoisotopic (exact) mass is 613 g/mol. The second kappa shape index (κ2) is 12.8. The number of hydrogen-bond donors (Lipinski definition) is 1. The minimum atomic E-state index is -3.80. The van der Waals surface area contributed by atoms with E-state index in [0.717, 1.165) is 31.7 Å². The molecule has 0 saturated carbocycles. The fourth-order valence-electron chi connectivity index (χ4n) is 4.20. The number of sulfonamides is 1. The van der Waals surface area contributed by atoms with Crippen molar-refractivity contribution in [2.24, 2.45) is 0 Å². The smallest absolute Gasteiger partial charge is 0.244 e. The molecule has 0 aliphatic rings. The second-order valence-corrected chi connectivity index (χ2v) is 13.5. The topological polar surface area (TPSA) is 86.8 Å². The van der Waals surface area contributed by atoms with Crippen molar-refractivity contribution in [3.05, 3.63) is 100 Å². The van der Waals surface area contributed by atoms with Crippen LogP contribution in [0, 0.1) is 6.92 Å². The van der Waals surface area contributed by atoms with Crippen LogP contribution in [-0.4, -0.2) is 49.5 Å². The number of halogens is 1. The number of anilines is 1. The van der Waals surface area contributed by atoms with Crippen LogP contribution in [0.3, 0.4) is 0 Å². The molecular formula is C30H36BrN3O4S. The van der Waals surface area contributed by atoms with Crippen molar-refractivity contribution >= 4 is 43.5 Å². The molecule has 1 N–H and O–H groups in total. The van der Waals surface area contributed by atoms with Crippen LogP contribution in [0.1, 0.15) is 37.5 Å². The maximum Gasteiger partial charge on any atom is 0.244 e. The third-order valence-corrected chi connectivity index (χ3v) is 7.83. The fraction of sp³-hybridized carbons (Fsp3) is 0.333. The standard InChI is InChI=1S/C30H36BrN3O4S/c1-22-11-9-10-14-24(22)20-33(27(29(36)32-30(2,3)4)19-23-12-7-6-8-13-23)28(35)21-34(39(5,37)38)26-17-15-25(31)16-18-26/h6-18,27H,19-21H2,1-5H3,(H,32,36)/t27-/m1/s1. The summed E-state index contributed by atoms with van der Waals surface area (Å²) in [5.74, 6) is -0.778. The first-order valence-corrected chi connectivity index (χ1v) is 15.3. The van der Waals surface area contributed by atoms with Gasteiger partial charge in [-0.3, -0.25) is 13.9 Å². The Labute approximate surface area is 240 Å². The molecule has 208 valence electrons. The number of benzene rings is 3. The van der Waals surface area contributed by atoms with Gasteiger partial charge < -0.3 is 10.2 Å². The summed E-state index contributed by atoms with van der Waals surface area (Å²) in [6.45, 7) is 7.31. The first kappa shape index (κ1) is 30.4. The zero-order chi connectivity index (χ0) is 28.8. The Hall–Kier alpha value is -3.17. The quantitative estimate of drug-likeness (QED) is 0.345. The molecule has 0 saturated heterocycles. The average molecular weight is 615 g/mol. The summed E-state index contributed by atoms with van der Waals surface area (Å²) in [4.78, 5) is 29.3. The van der Waals surface area contributed by atoms with E-state index in [9.17, 15) is 18.0 Å². The van der Waals surface area contributed by atoms with Crippen LogP contribution >= 0.6 is 15.9 Å². The van der Waals surface area contributed by atoms with Crippen molar-refractivity contribution in [1.29, 1.82) is 0 Å². The molecule has 3 aromatic rings. The zero-order valence-electron chi connectivity index (χ0n) is 23.0. The maximum atomic E-state index is 14.1. The first-order chi connectivity index (χ1) is 18.2. The molecule has 9 heteroatoms. The molecule has 0 aromatic heterocycles. The van der Waals surface area contributed by atoms with Crippen LogP contribution in [0.15, 0.2) is 83.3 Å². The molecule has 7 nitrogen and oxygen atoms in total. The van der Waals surface area contributed by atoms with Crippen molar-refractivity contribution in [3.8, 4) is 0 Å². The van der Waals surface area contributed by atoms with E-state index in [1.165, 1.54) is 4.90 Å². The molecule has 3 rings (SSSR count). The van der Waals surface area contributed by atoms with Crippen LogP contribution in [0.25, 0.3) is 0 Å². The van der Waals surface area contributed by atoms with E-state index < -0.39 is 34.1 Å². The molecule has 0 radical (unpaired) electrons. The lowest BCUT2D eigenvalue weighted by Crippen LogP contribution is -2.56. The Kier molecular flexibility index (Phi) is 9.96. The number of rotatable bonds is 10. The highest BCUT2D eigenvalue weighted by molar-refractivity contribution is 9.10. The number of nitrogens with one attached hydrogen (secondary N) is 1. The summed E-state index contributed by atoms with van der Waals surface area (Å²) in [5, 5.41) is 3.03. The van der Waals surface area contributed by atoms with Gasteiger partial charge in [0.15, 0.2) is 0 Å². The largest absolute Gasteiger partial charge is 0.350 e. The van der Waals surface area contributed by atoms with Crippen molar-refractivity contribution in [2.45, 2.75) is 52.2 Å². The second-order valence-electron chi connectivity index (χ2n) is 10.6. The van der Waals surface area contributed by atoms with Gasteiger partial charge in [-0.25, -0.2) is 8.42 Å². The number of amides is 2. The Morgan fingerprint density at radius 3 is 2.08 bits per heavy atom. The molecular weight excluding hydrogens is 578 g/mol. The van der Waals surface area contributed by atoms with Gasteiger partial charge in [0.25, 0.3) is 0 Å². The highest BCUT2D eigenvalue weighted by atomic mass is 79.9. The molecule has 0 unspecified atom stereocenters. The predicted octanol–water partition coefficient (Wildman–Crippen LogP) is 5.08. The van der Waals surface area contributed by atoms with Gasteiger partial charge in [-0.1, -0.05) is 70.5 Å². The minimum Gasteiger partial charge on any atom is -0.350 e. The molecule has 1 atom stereocenters. The van der Waals surface area contributed by atoms with Gasteiger partial charge in [0, 0.05) is 23.0 Å². The van der Waals surface area contributed by atoms with Crippen LogP contribution < -0.4 is 9.62 Å². The average Bonchev–Trinajstić information content (AvgIpc) is 2.85. The Balaban J connectivity index is 2.08. The molecule has 0 heterocycles. The van der Waals surface area contributed by atoms with Gasteiger partial charge in [-0.15, -0.1) is 0 Å². The normalized spacial score (nSPS) is 12.5. The Morgan fingerprint density at radius 2 is 1.51 bits per heavy atom. The molecule has 0 spiro atoms. The van der Waals surface area contributed by atoms with E-state index in [1.54, 1.807) is 24.3 Å². The minimum absolute atomic E-state index is 0.151. The molecule has 0 bridgehead atoms. The van der Waals surface area contributed by atoms with E-state index in [4.69, 9.17) is 0 Å². The van der Waals surface area contributed by atoms with E-state index in [1.807, 2.05) is 82.3 Å². The van der Waals surface area contributed by atoms with Crippen molar-refractivity contribution < 1.29 is 18.0 Å². The van der Waals surface area contributed by atoms with Crippen LogP contribution in [0.2, 0.25) is 0 Å². The van der Waals surface area contributed by atoms with Gasteiger partial charge in [0.1, 0.15) is 12.6 Å². The number of hydrogen-bond acceptors (Lipinski definition) is 4. The summed E-state index contributed by atoms with van der Waals surface area (Å²) >= 11 is 3.37. The lowest BCUT2D eigenvalue weighted by molar-refractivity contribution is -0.140. The molecule has 39 heavy (non-hydrogen) atoms. The Morgan fingerprint density at radius 1 is 0.923 bits per heavy atom. The third-order valence-electron chi connectivity index (χ3n) is 6.17. The lowest BCUT2D eigenvalue weighted by Gasteiger charge is -2.35. The maximum absolute atomic E-state index is 14.1. The van der Waals surface area contributed by atoms with Crippen molar-refractivity contribution in [2.75, 3.05) is 17.1 Å². The van der Waals surface area contributed by atoms with Crippen LogP contribution in [0.5, 0.6) is 0 Å². The van der Waals surface area contributed by atoms with Gasteiger partial charge in [0.05, 0.1) is 11.9 Å². The van der Waals surface area contributed by atoms with Crippen molar-refractivity contribution in [1.82, 2.24) is 10.2 Å². The van der Waals surface area contributed by atoms with E-state index in [0.29, 0.717) is 5.69 Å². The Bertz CT molecular complexity index is 1390. The number of carbonyl (C=O) groups is 2. The van der Waals surface area contributed by atoms with Crippen LogP contribution in [-0.2, 0) is 32.6 Å². The number of aryl methyl sites for hydroxylation is 1. The number of carbonyl (C=O) groups excluding carboxylic acids is 2. The molecule has 2 amide bonds. The van der Waals surface area contributed by atoms with E-state index in [-0.39, 0.29) is 18.9 Å².